The fourth-order valence-corrected chi connectivity index (χ4v) is 3.44. The summed E-state index contributed by atoms with van der Waals surface area (Å²) in [4.78, 5) is 15.1. The van der Waals surface area contributed by atoms with Crippen molar-refractivity contribution in [2.75, 3.05) is 19.6 Å². The standard InChI is InChI=1S/C16H21ClN2O/c17-14-5-3-12(4-6-14)16(20)13-7-8-18-15(11-13)19-9-1-2-10-19/h3-6,13,15,18H,1-2,7-11H2. The minimum atomic E-state index is 0.142. The summed E-state index contributed by atoms with van der Waals surface area (Å²) < 4.78 is 0. The lowest BCUT2D eigenvalue weighted by Gasteiger charge is -2.35. The van der Waals surface area contributed by atoms with E-state index in [0.29, 0.717) is 11.2 Å². The Labute approximate surface area is 125 Å². The molecule has 0 aromatic heterocycles. The Hall–Kier alpha value is -0.900. The first kappa shape index (κ1) is 14.1. The van der Waals surface area contributed by atoms with Crippen molar-refractivity contribution in [3.8, 4) is 0 Å². The Morgan fingerprint density at radius 2 is 1.90 bits per heavy atom. The molecule has 2 aliphatic rings. The average molecular weight is 293 g/mol. The first-order chi connectivity index (χ1) is 9.74. The lowest BCUT2D eigenvalue weighted by Crippen LogP contribution is -2.50. The maximum atomic E-state index is 12.6. The van der Waals surface area contributed by atoms with Crippen molar-refractivity contribution in [1.29, 1.82) is 0 Å². The van der Waals surface area contributed by atoms with Crippen molar-refractivity contribution in [1.82, 2.24) is 10.2 Å². The maximum absolute atomic E-state index is 12.6. The Morgan fingerprint density at radius 3 is 2.60 bits per heavy atom. The van der Waals surface area contributed by atoms with Crippen LogP contribution in [0, 0.1) is 5.92 Å². The van der Waals surface area contributed by atoms with Gasteiger partial charge in [-0.1, -0.05) is 11.6 Å². The van der Waals surface area contributed by atoms with E-state index < -0.39 is 0 Å². The molecule has 3 nitrogen and oxygen atoms in total. The van der Waals surface area contributed by atoms with Crippen LogP contribution in [-0.4, -0.2) is 36.5 Å². The normalized spacial score (nSPS) is 27.6. The first-order valence-corrected chi connectivity index (χ1v) is 7.89. The second-order valence-electron chi connectivity index (χ2n) is 5.81. The number of rotatable bonds is 3. The van der Waals surface area contributed by atoms with E-state index in [1.165, 1.54) is 25.9 Å². The first-order valence-electron chi connectivity index (χ1n) is 7.51. The largest absolute Gasteiger partial charge is 0.302 e. The van der Waals surface area contributed by atoms with Gasteiger partial charge in [0, 0.05) is 16.5 Å². The number of hydrogen-bond donors (Lipinski definition) is 1. The summed E-state index contributed by atoms with van der Waals surface area (Å²) in [6.45, 7) is 3.27. The molecule has 0 amide bonds. The van der Waals surface area contributed by atoms with Crippen molar-refractivity contribution < 1.29 is 4.79 Å². The summed E-state index contributed by atoms with van der Waals surface area (Å²) in [5.41, 5.74) is 0.793. The number of hydrogen-bond acceptors (Lipinski definition) is 3. The summed E-state index contributed by atoms with van der Waals surface area (Å²) in [6, 6.07) is 7.29. The van der Waals surface area contributed by atoms with Crippen LogP contribution in [0.25, 0.3) is 0 Å². The summed E-state index contributed by atoms with van der Waals surface area (Å²) in [6.07, 6.45) is 4.82. The third kappa shape index (κ3) is 3.05. The number of nitrogens with one attached hydrogen (secondary N) is 1. The topological polar surface area (TPSA) is 32.3 Å². The van der Waals surface area contributed by atoms with Crippen molar-refractivity contribution in [2.24, 2.45) is 5.92 Å². The number of piperidine rings is 1. The van der Waals surface area contributed by atoms with Gasteiger partial charge in [-0.3, -0.25) is 9.69 Å². The molecule has 0 aliphatic carbocycles. The molecule has 0 saturated carbocycles. The zero-order valence-electron chi connectivity index (χ0n) is 11.6. The molecule has 0 bridgehead atoms. The molecule has 1 N–H and O–H groups in total. The van der Waals surface area contributed by atoms with Gasteiger partial charge in [-0.15, -0.1) is 0 Å². The zero-order valence-corrected chi connectivity index (χ0v) is 12.4. The molecular formula is C16H21ClN2O. The van der Waals surface area contributed by atoms with Crippen molar-refractivity contribution in [2.45, 2.75) is 31.8 Å². The van der Waals surface area contributed by atoms with Crippen LogP contribution in [0.4, 0.5) is 0 Å². The van der Waals surface area contributed by atoms with Gasteiger partial charge < -0.3 is 5.32 Å². The molecule has 20 heavy (non-hydrogen) atoms. The van der Waals surface area contributed by atoms with Crippen molar-refractivity contribution >= 4 is 17.4 Å². The third-order valence-corrected chi connectivity index (χ3v) is 4.71. The highest BCUT2D eigenvalue weighted by atomic mass is 35.5. The fraction of sp³-hybridized carbons (Fsp3) is 0.562. The summed E-state index contributed by atoms with van der Waals surface area (Å²) >= 11 is 5.88. The smallest absolute Gasteiger partial charge is 0.166 e. The third-order valence-electron chi connectivity index (χ3n) is 4.46. The van der Waals surface area contributed by atoms with Crippen LogP contribution in [0.1, 0.15) is 36.0 Å². The van der Waals surface area contributed by atoms with Crippen LogP contribution in [0.2, 0.25) is 5.02 Å². The van der Waals surface area contributed by atoms with Crippen LogP contribution in [-0.2, 0) is 0 Å². The molecule has 0 radical (unpaired) electrons. The molecule has 1 aromatic rings. The van der Waals surface area contributed by atoms with Crippen LogP contribution in [0.5, 0.6) is 0 Å². The van der Waals surface area contributed by atoms with Crippen LogP contribution in [0.3, 0.4) is 0 Å². The predicted octanol–water partition coefficient (Wildman–Crippen LogP) is 2.94. The van der Waals surface area contributed by atoms with Gasteiger partial charge in [-0.2, -0.15) is 0 Å². The fourth-order valence-electron chi connectivity index (χ4n) is 3.31. The van der Waals surface area contributed by atoms with E-state index in [2.05, 4.69) is 10.2 Å². The van der Waals surface area contributed by atoms with Crippen molar-refractivity contribution in [3.05, 3.63) is 34.9 Å². The predicted molar refractivity (Wildman–Crippen MR) is 81.1 cm³/mol. The van der Waals surface area contributed by atoms with Gasteiger partial charge in [0.2, 0.25) is 0 Å². The Morgan fingerprint density at radius 1 is 1.20 bits per heavy atom. The Kier molecular flexibility index (Phi) is 4.39. The number of Topliss-reactive ketones (excluding diaryl/α,β-unsaturated/α-hetero) is 1. The summed E-state index contributed by atoms with van der Waals surface area (Å²) in [5.74, 6) is 0.412. The van der Waals surface area contributed by atoms with Crippen LogP contribution in [0.15, 0.2) is 24.3 Å². The minimum absolute atomic E-state index is 0.142. The van der Waals surface area contributed by atoms with E-state index in [0.717, 1.165) is 24.9 Å². The van der Waals surface area contributed by atoms with E-state index >= 15 is 0 Å². The van der Waals surface area contributed by atoms with Gasteiger partial charge in [-0.25, -0.2) is 0 Å². The van der Waals surface area contributed by atoms with Gasteiger partial charge in [0.1, 0.15) is 0 Å². The molecule has 2 atom stereocenters. The van der Waals surface area contributed by atoms with Gasteiger partial charge in [0.25, 0.3) is 0 Å². The minimum Gasteiger partial charge on any atom is -0.302 e. The SMILES string of the molecule is O=C(c1ccc(Cl)cc1)C1CCNC(N2CCCC2)C1. The number of ketones is 1. The van der Waals surface area contributed by atoms with Crippen LogP contribution < -0.4 is 5.32 Å². The Balaban J connectivity index is 1.66. The quantitative estimate of drug-likeness (QED) is 0.870. The van der Waals surface area contributed by atoms with Gasteiger partial charge in [-0.05, 0) is 69.6 Å². The Bertz CT molecular complexity index is 468. The van der Waals surface area contributed by atoms with Crippen molar-refractivity contribution in [3.63, 3.8) is 0 Å². The molecule has 1 aromatic carbocycles. The van der Waals surface area contributed by atoms with E-state index in [1.807, 2.05) is 12.1 Å². The van der Waals surface area contributed by atoms with E-state index in [1.54, 1.807) is 12.1 Å². The second-order valence-corrected chi connectivity index (χ2v) is 6.24. The van der Waals surface area contributed by atoms with E-state index in [4.69, 9.17) is 11.6 Å². The van der Waals surface area contributed by atoms with Gasteiger partial charge in [0.15, 0.2) is 5.78 Å². The monoisotopic (exact) mass is 292 g/mol. The number of benzene rings is 1. The number of carbonyl (C=O) groups excluding carboxylic acids is 1. The average Bonchev–Trinajstić information content (AvgIpc) is 3.02. The molecule has 2 aliphatic heterocycles. The zero-order chi connectivity index (χ0) is 13.9. The lowest BCUT2D eigenvalue weighted by atomic mass is 9.88. The molecular weight excluding hydrogens is 272 g/mol. The number of halogens is 1. The second kappa shape index (κ2) is 6.25. The number of nitrogens with zero attached hydrogens (tertiary/aromatic N) is 1. The number of likely N-dealkylation sites (tertiary alicyclic amines) is 1. The molecule has 108 valence electrons. The van der Waals surface area contributed by atoms with Crippen LogP contribution >= 0.6 is 11.6 Å². The summed E-state index contributed by atoms with van der Waals surface area (Å²) in [7, 11) is 0. The molecule has 2 heterocycles. The molecule has 2 fully saturated rings. The van der Waals surface area contributed by atoms with Gasteiger partial charge in [0.05, 0.1) is 6.17 Å². The molecule has 2 saturated heterocycles. The highest BCUT2D eigenvalue weighted by molar-refractivity contribution is 6.30. The summed E-state index contributed by atoms with van der Waals surface area (Å²) in [5, 5.41) is 4.24. The molecule has 3 rings (SSSR count). The molecule has 2 unspecified atom stereocenters. The molecule has 0 spiro atoms. The van der Waals surface area contributed by atoms with E-state index in [9.17, 15) is 4.79 Å². The van der Waals surface area contributed by atoms with Gasteiger partial charge >= 0.3 is 0 Å². The highest BCUT2D eigenvalue weighted by Crippen LogP contribution is 2.25. The van der Waals surface area contributed by atoms with E-state index in [-0.39, 0.29) is 11.7 Å². The number of carbonyl (C=O) groups is 1. The highest BCUT2D eigenvalue weighted by Gasteiger charge is 2.31. The lowest BCUT2D eigenvalue weighted by molar-refractivity contribution is 0.0798. The maximum Gasteiger partial charge on any atom is 0.166 e. The molecule has 4 heteroatoms.